The third-order valence-corrected chi connectivity index (χ3v) is 12.3. The molecule has 3 fully saturated rings. The van der Waals surface area contributed by atoms with Crippen molar-refractivity contribution in [2.24, 2.45) is 40.4 Å². The van der Waals surface area contributed by atoms with Crippen molar-refractivity contribution in [1.29, 1.82) is 5.26 Å². The van der Waals surface area contributed by atoms with Crippen LogP contribution < -0.4 is 0 Å². The molecule has 174 valence electrons. The van der Waals surface area contributed by atoms with Gasteiger partial charge in [-0.3, -0.25) is 4.79 Å². The molecule has 0 radical (unpaired) electrons. The zero-order valence-corrected chi connectivity index (χ0v) is 22.0. The monoisotopic (exact) mass is 501 g/mol. The second kappa shape index (κ2) is 8.32. The van der Waals surface area contributed by atoms with Crippen LogP contribution in [0.3, 0.4) is 0 Å². The first kappa shape index (κ1) is 22.7. The fraction of sp³-hybridized carbons (Fsp3) is 0.786. The summed E-state index contributed by atoms with van der Waals surface area (Å²) in [6, 6.07) is 0. The molecule has 3 nitrogen and oxygen atoms in total. The molecule has 3 saturated carbocycles. The van der Waals surface area contributed by atoms with Crippen molar-refractivity contribution < 1.29 is 9.53 Å². The van der Waals surface area contributed by atoms with Crippen LogP contribution in [0.5, 0.6) is 0 Å². The average Bonchev–Trinajstić information content (AvgIpc) is 3.24. The summed E-state index contributed by atoms with van der Waals surface area (Å²) >= 11 is 0.131. The number of carbonyl (C=O) groups excluding carboxylic acids is 1. The van der Waals surface area contributed by atoms with E-state index in [4.69, 9.17) is 10.00 Å². The number of nitrogens with zero attached hydrogens (tertiary/aromatic N) is 1. The molecule has 0 amide bonds. The number of fused-ring (bicyclic) bond motifs is 7. The first-order chi connectivity index (χ1) is 15.3. The summed E-state index contributed by atoms with van der Waals surface area (Å²) in [4.78, 5) is 14.4. The zero-order valence-electron chi connectivity index (χ0n) is 20.3. The maximum atomic E-state index is 12.1. The molecule has 0 aromatic heterocycles. The van der Waals surface area contributed by atoms with Gasteiger partial charge in [-0.15, -0.1) is 0 Å². The molecule has 5 aliphatic rings. The van der Waals surface area contributed by atoms with Crippen LogP contribution >= 0.6 is 0 Å². The van der Waals surface area contributed by atoms with Gasteiger partial charge in [0.2, 0.25) is 0 Å². The second-order valence-electron chi connectivity index (χ2n) is 12.0. The number of allylic oxidation sites excluding steroid dienone is 2. The van der Waals surface area contributed by atoms with Crippen molar-refractivity contribution in [2.45, 2.75) is 96.9 Å². The quantitative estimate of drug-likeness (QED) is 0.409. The van der Waals surface area contributed by atoms with E-state index in [0.717, 1.165) is 55.2 Å². The minimum absolute atomic E-state index is 0.131. The van der Waals surface area contributed by atoms with Crippen LogP contribution in [0.1, 0.15) is 85.5 Å². The molecule has 1 aliphatic heterocycles. The Morgan fingerprint density at radius 2 is 2.06 bits per heavy atom. The van der Waals surface area contributed by atoms with Gasteiger partial charge in [-0.25, -0.2) is 0 Å². The fourth-order valence-corrected chi connectivity index (χ4v) is 9.89. The standard InChI is InChI=1S/C28H39NO2Se/c1-17(15-32-16-29)5-8-24-18(2)26-25(31-24)14-23-21-7-6-19-13-20(30)9-11-27(19,3)22(21)10-12-28(23,26)4/h13,17,21-23,25-26H,5-12,14-15H2,1-4H3/t17?,21-,22+,23+,25+,26+,27+,28+/m1/s1. The number of rotatable bonds is 5. The van der Waals surface area contributed by atoms with Crippen molar-refractivity contribution in [2.75, 3.05) is 0 Å². The van der Waals surface area contributed by atoms with Crippen LogP contribution in [-0.2, 0) is 9.53 Å². The van der Waals surface area contributed by atoms with E-state index in [1.165, 1.54) is 37.0 Å². The van der Waals surface area contributed by atoms with Gasteiger partial charge >= 0.3 is 159 Å². The van der Waals surface area contributed by atoms with Crippen LogP contribution in [0.2, 0.25) is 5.32 Å². The van der Waals surface area contributed by atoms with E-state index in [1.54, 1.807) is 5.57 Å². The summed E-state index contributed by atoms with van der Waals surface area (Å²) in [5.41, 5.74) is 3.64. The van der Waals surface area contributed by atoms with Gasteiger partial charge in [0.05, 0.1) is 0 Å². The Morgan fingerprint density at radius 1 is 1.25 bits per heavy atom. The van der Waals surface area contributed by atoms with E-state index in [-0.39, 0.29) is 20.4 Å². The van der Waals surface area contributed by atoms with E-state index in [2.05, 4.69) is 32.7 Å². The van der Waals surface area contributed by atoms with Crippen molar-refractivity contribution >= 4 is 20.7 Å². The Kier molecular flexibility index (Phi) is 5.91. The van der Waals surface area contributed by atoms with Gasteiger partial charge in [-0.2, -0.15) is 0 Å². The first-order valence-electron chi connectivity index (χ1n) is 12.9. The predicted octanol–water partition coefficient (Wildman–Crippen LogP) is 6.44. The van der Waals surface area contributed by atoms with Gasteiger partial charge in [0.25, 0.3) is 0 Å². The molecule has 1 heterocycles. The number of nitriles is 1. The Morgan fingerprint density at radius 3 is 2.84 bits per heavy atom. The Balaban J connectivity index is 1.33. The molecule has 0 aromatic rings. The van der Waals surface area contributed by atoms with Gasteiger partial charge in [0, 0.05) is 6.42 Å². The van der Waals surface area contributed by atoms with Gasteiger partial charge in [0.15, 0.2) is 5.78 Å². The van der Waals surface area contributed by atoms with E-state index in [1.807, 2.05) is 6.08 Å². The Labute approximate surface area is 200 Å². The molecular formula is C28H39NO2Se. The van der Waals surface area contributed by atoms with E-state index >= 15 is 0 Å². The summed E-state index contributed by atoms with van der Waals surface area (Å²) in [5, 5.41) is 9.95. The SMILES string of the molecule is CC1=C(CCC(C)C[Se]C#N)O[C@H]2C[C@H]3[C@@H]4CCC5=CC(=O)CC[C@]5(C)[C@H]4CC[C@]3(C)[C@@H]12. The number of ether oxygens (including phenoxy) is 1. The molecule has 0 aromatic carbocycles. The summed E-state index contributed by atoms with van der Waals surface area (Å²) < 4.78 is 6.70. The summed E-state index contributed by atoms with van der Waals surface area (Å²) in [6.07, 6.45) is 12.7. The number of hydrogen-bond donors (Lipinski definition) is 0. The molecule has 0 bridgehead atoms. The van der Waals surface area contributed by atoms with Crippen molar-refractivity contribution in [3.63, 3.8) is 0 Å². The molecule has 4 heteroatoms. The minimum atomic E-state index is 0.131. The van der Waals surface area contributed by atoms with Crippen molar-refractivity contribution in [3.8, 4) is 4.97 Å². The zero-order chi connectivity index (χ0) is 22.7. The van der Waals surface area contributed by atoms with Crippen molar-refractivity contribution in [1.82, 2.24) is 0 Å². The first-order valence-corrected chi connectivity index (χ1v) is 15.0. The predicted molar refractivity (Wildman–Crippen MR) is 128 cm³/mol. The number of hydrogen-bond acceptors (Lipinski definition) is 3. The molecular weight excluding hydrogens is 461 g/mol. The van der Waals surface area contributed by atoms with Gasteiger partial charge in [-0.05, 0) is 12.5 Å². The summed E-state index contributed by atoms with van der Waals surface area (Å²) in [7, 11) is 0. The molecule has 4 aliphatic carbocycles. The third-order valence-electron chi connectivity index (χ3n) is 10.5. The van der Waals surface area contributed by atoms with E-state index in [9.17, 15) is 4.79 Å². The Hall–Kier alpha value is -1.04. The van der Waals surface area contributed by atoms with Gasteiger partial charge in [-0.1, -0.05) is 12.5 Å². The third kappa shape index (κ3) is 3.45. The molecule has 0 N–H and O–H groups in total. The summed E-state index contributed by atoms with van der Waals surface area (Å²) in [6.45, 7) is 9.72. The number of carbonyl (C=O) groups is 1. The molecule has 1 unspecified atom stereocenters. The molecule has 0 saturated heterocycles. The van der Waals surface area contributed by atoms with Crippen LogP contribution in [0.25, 0.3) is 0 Å². The molecule has 5 rings (SSSR count). The molecule has 0 spiro atoms. The maximum absolute atomic E-state index is 12.1. The van der Waals surface area contributed by atoms with Gasteiger partial charge in [0.1, 0.15) is 0 Å². The van der Waals surface area contributed by atoms with Crippen LogP contribution in [0.4, 0.5) is 0 Å². The Bertz CT molecular complexity index is 900. The number of ketones is 1. The fourth-order valence-electron chi connectivity index (χ4n) is 8.78. The van der Waals surface area contributed by atoms with E-state index < -0.39 is 0 Å². The van der Waals surface area contributed by atoms with Crippen LogP contribution in [0, 0.1) is 50.6 Å². The normalized spacial score (nSPS) is 43.4. The topological polar surface area (TPSA) is 50.1 Å². The molecule has 8 atom stereocenters. The molecule has 32 heavy (non-hydrogen) atoms. The summed E-state index contributed by atoms with van der Waals surface area (Å²) in [5.74, 6) is 5.16. The second-order valence-corrected chi connectivity index (χ2v) is 13.7. The van der Waals surface area contributed by atoms with Crippen LogP contribution in [0.15, 0.2) is 23.0 Å². The van der Waals surface area contributed by atoms with E-state index in [0.29, 0.717) is 29.1 Å². The van der Waals surface area contributed by atoms with Gasteiger partial charge < -0.3 is 0 Å². The van der Waals surface area contributed by atoms with Crippen molar-refractivity contribution in [3.05, 3.63) is 23.0 Å². The van der Waals surface area contributed by atoms with Crippen LogP contribution in [-0.4, -0.2) is 26.8 Å². The average molecular weight is 501 g/mol.